The number of carbonyl (C=O) groups is 2. The largest absolute Gasteiger partial charge is 0.477 e. The number of alkyl carbamates (subject to hydrolysis) is 1. The van der Waals surface area contributed by atoms with Gasteiger partial charge in [0.2, 0.25) is 15.9 Å². The first-order chi connectivity index (χ1) is 17.7. The van der Waals surface area contributed by atoms with E-state index in [1.165, 1.54) is 24.2 Å². The van der Waals surface area contributed by atoms with Crippen molar-refractivity contribution in [1.29, 1.82) is 0 Å². The summed E-state index contributed by atoms with van der Waals surface area (Å²) in [5.41, 5.74) is -0.781. The first kappa shape index (κ1) is 28.4. The van der Waals surface area contributed by atoms with Crippen molar-refractivity contribution in [3.8, 4) is 5.88 Å². The molecular formula is C26H41N5O6S. The van der Waals surface area contributed by atoms with Crippen LogP contribution in [-0.4, -0.2) is 67.3 Å². The summed E-state index contributed by atoms with van der Waals surface area (Å²) in [5, 5.41) is 10.4. The van der Waals surface area contributed by atoms with Crippen LogP contribution in [0.25, 0.3) is 6.20 Å². The molecule has 4 aliphatic rings. The van der Waals surface area contributed by atoms with Gasteiger partial charge in [-0.25, -0.2) is 22.6 Å². The number of amides is 2. The Morgan fingerprint density at radius 3 is 2.47 bits per heavy atom. The second-order valence-electron chi connectivity index (χ2n) is 12.3. The fourth-order valence-corrected chi connectivity index (χ4v) is 7.66. The molecule has 3 N–H and O–H groups in total. The molecule has 4 bridgehead atoms. The van der Waals surface area contributed by atoms with Crippen LogP contribution in [0.1, 0.15) is 70.2 Å². The third kappa shape index (κ3) is 6.51. The summed E-state index contributed by atoms with van der Waals surface area (Å²) in [6, 6.07) is -0.0198. The van der Waals surface area contributed by atoms with E-state index in [0.29, 0.717) is 24.0 Å². The third-order valence-electron chi connectivity index (χ3n) is 7.76. The average Bonchev–Trinajstić information content (AvgIpc) is 3.19. The summed E-state index contributed by atoms with van der Waals surface area (Å²) >= 11 is 0. The summed E-state index contributed by atoms with van der Waals surface area (Å²) in [6.45, 7) is 8.07. The van der Waals surface area contributed by atoms with Crippen molar-refractivity contribution in [2.75, 3.05) is 20.0 Å². The van der Waals surface area contributed by atoms with E-state index in [4.69, 9.17) is 4.74 Å². The van der Waals surface area contributed by atoms with E-state index in [0.717, 1.165) is 32.1 Å². The highest BCUT2D eigenvalue weighted by Crippen LogP contribution is 2.56. The molecule has 0 saturated heterocycles. The predicted molar refractivity (Wildman–Crippen MR) is 143 cm³/mol. The van der Waals surface area contributed by atoms with Gasteiger partial charge in [-0.05, 0) is 75.7 Å². The molecule has 5 rings (SSSR count). The van der Waals surface area contributed by atoms with Crippen molar-refractivity contribution < 1.29 is 27.5 Å². The van der Waals surface area contributed by atoms with Crippen LogP contribution < -0.4 is 20.1 Å². The molecule has 11 nitrogen and oxygen atoms in total. The molecule has 0 spiro atoms. The van der Waals surface area contributed by atoms with Crippen LogP contribution in [0.3, 0.4) is 0 Å². The highest BCUT2D eigenvalue weighted by atomic mass is 32.2. The van der Waals surface area contributed by atoms with Crippen molar-refractivity contribution in [3.63, 3.8) is 0 Å². The summed E-state index contributed by atoms with van der Waals surface area (Å²) in [4.78, 5) is 25.2. The Balaban J connectivity index is 1.52. The summed E-state index contributed by atoms with van der Waals surface area (Å²) in [7, 11) is -2.01. The number of methoxy groups -OCH3 is 1. The van der Waals surface area contributed by atoms with Gasteiger partial charge in [0.05, 0.1) is 31.7 Å². The lowest BCUT2D eigenvalue weighted by Gasteiger charge is -2.59. The molecule has 0 aromatic carbocycles. The van der Waals surface area contributed by atoms with Crippen LogP contribution in [0.4, 0.5) is 4.79 Å². The minimum atomic E-state index is -3.31. The normalized spacial score (nSPS) is 28.6. The van der Waals surface area contributed by atoms with Gasteiger partial charge in [0.1, 0.15) is 5.56 Å². The molecule has 1 aromatic heterocycles. The van der Waals surface area contributed by atoms with Gasteiger partial charge in [0, 0.05) is 17.8 Å². The highest BCUT2D eigenvalue weighted by molar-refractivity contribution is 7.88. The van der Waals surface area contributed by atoms with Gasteiger partial charge in [-0.1, -0.05) is 13.8 Å². The number of hydrogen-bond donors (Lipinski definition) is 3. The van der Waals surface area contributed by atoms with Gasteiger partial charge in [0.15, 0.2) is 0 Å². The first-order valence-electron chi connectivity index (χ1n) is 13.2. The SMILES string of the molecule is COC(=O)NC(C)(C)C=Cn1ncc(C(=O)NC2C3CC4CC2CC(NS(C)(=O)=O)(C4)C3)c1OCC(C)C. The highest BCUT2D eigenvalue weighted by Gasteiger charge is 2.56. The summed E-state index contributed by atoms with van der Waals surface area (Å²) in [6.07, 6.45) is 9.91. The zero-order valence-corrected chi connectivity index (χ0v) is 23.9. The lowest BCUT2D eigenvalue weighted by atomic mass is 9.51. The molecule has 4 fully saturated rings. The van der Waals surface area contributed by atoms with Crippen molar-refractivity contribution in [1.82, 2.24) is 25.1 Å². The molecule has 2 amide bonds. The van der Waals surface area contributed by atoms with Crippen LogP contribution >= 0.6 is 0 Å². The average molecular weight is 552 g/mol. The molecular weight excluding hydrogens is 510 g/mol. The number of ether oxygens (including phenoxy) is 2. The number of nitrogens with one attached hydrogen (secondary N) is 3. The van der Waals surface area contributed by atoms with Crippen molar-refractivity contribution >= 4 is 28.2 Å². The van der Waals surface area contributed by atoms with Crippen LogP contribution in [0.5, 0.6) is 5.88 Å². The Morgan fingerprint density at radius 2 is 1.89 bits per heavy atom. The maximum Gasteiger partial charge on any atom is 0.407 e. The Labute approximate surface area is 225 Å². The van der Waals surface area contributed by atoms with Crippen molar-refractivity contribution in [2.24, 2.45) is 23.7 Å². The number of hydrogen-bond acceptors (Lipinski definition) is 7. The van der Waals surface area contributed by atoms with Crippen molar-refractivity contribution in [2.45, 2.75) is 76.9 Å². The molecule has 38 heavy (non-hydrogen) atoms. The smallest absolute Gasteiger partial charge is 0.407 e. The number of carbonyl (C=O) groups excluding carboxylic acids is 2. The molecule has 1 aromatic rings. The number of aromatic nitrogens is 2. The summed E-state index contributed by atoms with van der Waals surface area (Å²) in [5.74, 6) is 1.24. The lowest BCUT2D eigenvalue weighted by molar-refractivity contribution is -0.0348. The van der Waals surface area contributed by atoms with Crippen LogP contribution in [0, 0.1) is 23.7 Å². The van der Waals surface area contributed by atoms with Gasteiger partial charge in [-0.3, -0.25) is 4.79 Å². The Morgan fingerprint density at radius 1 is 1.24 bits per heavy atom. The lowest BCUT2D eigenvalue weighted by Crippen LogP contribution is -2.66. The van der Waals surface area contributed by atoms with E-state index in [9.17, 15) is 18.0 Å². The van der Waals surface area contributed by atoms with Gasteiger partial charge >= 0.3 is 6.09 Å². The van der Waals surface area contributed by atoms with Crippen LogP contribution in [0.2, 0.25) is 0 Å². The van der Waals surface area contributed by atoms with E-state index in [-0.39, 0.29) is 29.7 Å². The Bertz CT molecular complexity index is 1170. The molecule has 2 unspecified atom stereocenters. The van der Waals surface area contributed by atoms with E-state index in [1.807, 2.05) is 27.7 Å². The van der Waals surface area contributed by atoms with Gasteiger partial charge in [-0.15, -0.1) is 0 Å². The Hall–Kier alpha value is -2.60. The first-order valence-corrected chi connectivity index (χ1v) is 15.1. The van der Waals surface area contributed by atoms with Crippen LogP contribution in [0.15, 0.2) is 12.3 Å². The molecule has 2 atom stereocenters. The van der Waals surface area contributed by atoms with E-state index in [1.54, 1.807) is 12.3 Å². The maximum absolute atomic E-state index is 13.6. The fourth-order valence-electron chi connectivity index (χ4n) is 6.62. The van der Waals surface area contributed by atoms with Crippen molar-refractivity contribution in [3.05, 3.63) is 17.8 Å². The van der Waals surface area contributed by atoms with E-state index >= 15 is 0 Å². The topological polar surface area (TPSA) is 141 Å². The molecule has 1 heterocycles. The molecule has 0 aliphatic heterocycles. The quantitative estimate of drug-likeness (QED) is 0.406. The molecule has 4 saturated carbocycles. The summed E-state index contributed by atoms with van der Waals surface area (Å²) < 4.78 is 39.3. The number of nitrogens with zero attached hydrogens (tertiary/aromatic N) is 2. The standard InChI is InChI=1S/C26H41N5O6S/c1-16(2)15-37-23-20(14-27-31(23)8-7-25(3,4)29-24(33)36-5)22(32)28-21-18-9-17-10-19(21)13-26(11-17,12-18)30-38(6,34)35/h7-8,14,16-19,21,30H,9-13,15H2,1-6H3,(H,28,32)(H,29,33). The van der Waals surface area contributed by atoms with E-state index in [2.05, 4.69) is 25.2 Å². The van der Waals surface area contributed by atoms with Crippen LogP contribution in [-0.2, 0) is 14.8 Å². The molecule has 212 valence electrons. The predicted octanol–water partition coefficient (Wildman–Crippen LogP) is 2.75. The van der Waals surface area contributed by atoms with Gasteiger partial charge in [0.25, 0.3) is 5.91 Å². The zero-order chi connectivity index (χ0) is 27.9. The minimum absolute atomic E-state index is 0.0198. The monoisotopic (exact) mass is 551 g/mol. The zero-order valence-electron chi connectivity index (χ0n) is 23.1. The van der Waals surface area contributed by atoms with Gasteiger partial charge < -0.3 is 20.1 Å². The van der Waals surface area contributed by atoms with Gasteiger partial charge in [-0.2, -0.15) is 5.10 Å². The molecule has 4 aliphatic carbocycles. The third-order valence-corrected chi connectivity index (χ3v) is 8.57. The maximum atomic E-state index is 13.6. The van der Waals surface area contributed by atoms with E-state index < -0.39 is 27.2 Å². The minimum Gasteiger partial charge on any atom is -0.477 e. The number of rotatable bonds is 10. The molecule has 0 radical (unpaired) electrons. The Kier molecular flexibility index (Phi) is 7.86. The second-order valence-corrected chi connectivity index (χ2v) is 14.0. The second kappa shape index (κ2) is 10.5. The molecule has 12 heteroatoms. The fraction of sp³-hybridized carbons (Fsp3) is 0.731. The number of sulfonamides is 1.